The van der Waals surface area contributed by atoms with Crippen molar-refractivity contribution in [2.75, 3.05) is 0 Å². The molecule has 10 atom stereocenters. The van der Waals surface area contributed by atoms with Crippen molar-refractivity contribution in [1.29, 1.82) is 0 Å². The monoisotopic (exact) mass is 636 g/mol. The molecule has 6 rings (SSSR count). The van der Waals surface area contributed by atoms with Crippen LogP contribution in [0.1, 0.15) is 66.1 Å². The molecule has 4 nitrogen and oxygen atoms in total. The number of fused-ring (bicyclic) bond motifs is 4. The summed E-state index contributed by atoms with van der Waals surface area (Å²) in [4.78, 5) is 23.4. The Morgan fingerprint density at radius 2 is 1.76 bits per heavy atom. The van der Waals surface area contributed by atoms with Crippen LogP contribution in [-0.2, 0) is 4.79 Å². The molecule has 2 saturated carbocycles. The zero-order valence-corrected chi connectivity index (χ0v) is 25.2. The van der Waals surface area contributed by atoms with Gasteiger partial charge in [0.1, 0.15) is 12.3 Å². The lowest BCUT2D eigenvalue weighted by Crippen LogP contribution is -2.61. The number of alkyl halides is 5. The largest absolute Gasteiger partial charge is 0.478 e. The number of carbonyl (C=O) groups is 2. The number of benzene rings is 2. The second kappa shape index (κ2) is 11.6. The van der Waals surface area contributed by atoms with E-state index in [4.69, 9.17) is 5.11 Å². The van der Waals surface area contributed by atoms with E-state index < -0.39 is 82.5 Å². The number of hydrogen-bond acceptors (Lipinski definition) is 3. The Balaban J connectivity index is 1.42. The second-order valence-electron chi connectivity index (χ2n) is 12.9. The first-order valence-electron chi connectivity index (χ1n) is 15.4. The van der Waals surface area contributed by atoms with Gasteiger partial charge in [-0.25, -0.2) is 26.7 Å². The molecular formula is C37H33F5O4. The summed E-state index contributed by atoms with van der Waals surface area (Å²) in [5, 5.41) is 20.8. The molecule has 0 spiro atoms. The average Bonchev–Trinajstić information content (AvgIpc) is 3.32. The molecule has 0 amide bonds. The Kier molecular flexibility index (Phi) is 8.08. The molecule has 0 radical (unpaired) electrons. The minimum absolute atomic E-state index is 0.0732. The Bertz CT molecular complexity index is 1740. The van der Waals surface area contributed by atoms with Gasteiger partial charge in [-0.2, -0.15) is 0 Å². The van der Waals surface area contributed by atoms with E-state index in [1.807, 2.05) is 0 Å². The summed E-state index contributed by atoms with van der Waals surface area (Å²) in [7, 11) is 0. The van der Waals surface area contributed by atoms with Crippen LogP contribution in [0.25, 0.3) is 6.08 Å². The SMILES string of the molecule is CC[C@]1(O)CC[C@H]2[C@H]3C(=C4C(=CC(=O)C(F)C4F)C(F)C3F)[C@@H](c3ccc(C#CC=Cc4cccc(C(=O)O)c4)cc3)C(F)[C@@]21C. The average molecular weight is 637 g/mol. The summed E-state index contributed by atoms with van der Waals surface area (Å²) in [5.41, 5.74) is -2.56. The number of aromatic carboxylic acids is 1. The number of rotatable bonds is 4. The highest BCUT2D eigenvalue weighted by Crippen LogP contribution is 2.68. The van der Waals surface area contributed by atoms with Gasteiger partial charge >= 0.3 is 5.97 Å². The molecule has 2 fully saturated rings. The molecule has 240 valence electrons. The Morgan fingerprint density at radius 1 is 1.04 bits per heavy atom. The van der Waals surface area contributed by atoms with Crippen molar-refractivity contribution in [3.8, 4) is 11.8 Å². The van der Waals surface area contributed by atoms with Crippen molar-refractivity contribution < 1.29 is 41.8 Å². The van der Waals surface area contributed by atoms with Gasteiger partial charge < -0.3 is 10.2 Å². The van der Waals surface area contributed by atoms with Crippen molar-refractivity contribution >= 4 is 17.8 Å². The van der Waals surface area contributed by atoms with Crippen molar-refractivity contribution in [3.05, 3.63) is 99.7 Å². The minimum atomic E-state index is -2.62. The Hall–Kier alpha value is -4.03. The molecule has 2 N–H and O–H groups in total. The van der Waals surface area contributed by atoms with Gasteiger partial charge in [0.2, 0.25) is 0 Å². The van der Waals surface area contributed by atoms with E-state index in [-0.39, 0.29) is 30.4 Å². The quantitative estimate of drug-likeness (QED) is 0.274. The van der Waals surface area contributed by atoms with Gasteiger partial charge in [-0.3, -0.25) is 4.79 Å². The first-order valence-corrected chi connectivity index (χ1v) is 15.4. The van der Waals surface area contributed by atoms with Crippen molar-refractivity contribution in [2.45, 2.75) is 75.5 Å². The molecule has 5 unspecified atom stereocenters. The normalized spacial score (nSPS) is 36.8. The van der Waals surface area contributed by atoms with Crippen molar-refractivity contribution in [1.82, 2.24) is 0 Å². The predicted octanol–water partition coefficient (Wildman–Crippen LogP) is 7.23. The summed E-state index contributed by atoms with van der Waals surface area (Å²) in [6.07, 6.45) is -7.39. The molecule has 2 aromatic rings. The molecule has 0 aliphatic heterocycles. The van der Waals surface area contributed by atoms with E-state index in [2.05, 4.69) is 11.8 Å². The van der Waals surface area contributed by atoms with Gasteiger partial charge in [0, 0.05) is 22.8 Å². The molecule has 0 bridgehead atoms. The lowest BCUT2D eigenvalue weighted by molar-refractivity contribution is -0.143. The van der Waals surface area contributed by atoms with Gasteiger partial charge in [0.25, 0.3) is 0 Å². The van der Waals surface area contributed by atoms with E-state index in [1.165, 1.54) is 12.1 Å². The maximum absolute atomic E-state index is 17.2. The molecular weight excluding hydrogens is 603 g/mol. The number of hydrogen-bond donors (Lipinski definition) is 2. The van der Waals surface area contributed by atoms with E-state index in [0.29, 0.717) is 22.8 Å². The third kappa shape index (κ3) is 4.76. The fourth-order valence-electron chi connectivity index (χ4n) is 8.38. The maximum atomic E-state index is 17.2. The number of ketones is 1. The van der Waals surface area contributed by atoms with Crippen LogP contribution >= 0.6 is 0 Å². The molecule has 46 heavy (non-hydrogen) atoms. The first kappa shape index (κ1) is 31.9. The highest BCUT2D eigenvalue weighted by Gasteiger charge is 2.70. The summed E-state index contributed by atoms with van der Waals surface area (Å²) in [5.74, 6) is -0.103. The Labute approximate surface area is 263 Å². The molecule has 0 heterocycles. The van der Waals surface area contributed by atoms with Crippen LogP contribution in [0.3, 0.4) is 0 Å². The number of carboxylic acid groups (broad SMARTS) is 1. The van der Waals surface area contributed by atoms with Gasteiger partial charge in [-0.15, -0.1) is 0 Å². The van der Waals surface area contributed by atoms with Crippen LogP contribution in [-0.4, -0.2) is 58.4 Å². The third-order valence-electron chi connectivity index (χ3n) is 10.8. The number of halogens is 5. The van der Waals surface area contributed by atoms with Crippen LogP contribution in [0.15, 0.2) is 77.4 Å². The summed E-state index contributed by atoms with van der Waals surface area (Å²) in [6, 6.07) is 12.6. The Morgan fingerprint density at radius 3 is 2.43 bits per heavy atom. The van der Waals surface area contributed by atoms with Gasteiger partial charge in [0.05, 0.1) is 11.2 Å². The molecule has 2 aromatic carbocycles. The lowest BCUT2D eigenvalue weighted by Gasteiger charge is -2.57. The van der Waals surface area contributed by atoms with E-state index in [1.54, 1.807) is 62.4 Å². The molecule has 9 heteroatoms. The third-order valence-corrected chi connectivity index (χ3v) is 10.8. The van der Waals surface area contributed by atoms with Crippen LogP contribution < -0.4 is 0 Å². The molecule has 0 saturated heterocycles. The first-order chi connectivity index (χ1) is 21.8. The second-order valence-corrected chi connectivity index (χ2v) is 12.9. The van der Waals surface area contributed by atoms with Crippen molar-refractivity contribution in [2.24, 2.45) is 17.3 Å². The topological polar surface area (TPSA) is 74.6 Å². The van der Waals surface area contributed by atoms with Crippen molar-refractivity contribution in [3.63, 3.8) is 0 Å². The van der Waals surface area contributed by atoms with E-state index in [9.17, 15) is 19.1 Å². The van der Waals surface area contributed by atoms with Gasteiger partial charge in [0.15, 0.2) is 24.3 Å². The van der Waals surface area contributed by atoms with E-state index in [0.717, 1.165) is 0 Å². The van der Waals surface area contributed by atoms with Gasteiger partial charge in [-0.1, -0.05) is 50.0 Å². The maximum Gasteiger partial charge on any atom is 0.335 e. The fourth-order valence-corrected chi connectivity index (χ4v) is 8.38. The predicted molar refractivity (Wildman–Crippen MR) is 163 cm³/mol. The summed E-state index contributed by atoms with van der Waals surface area (Å²) >= 11 is 0. The number of aliphatic hydroxyl groups is 1. The summed E-state index contributed by atoms with van der Waals surface area (Å²) in [6.45, 7) is 3.25. The van der Waals surface area contributed by atoms with Crippen LogP contribution in [0.2, 0.25) is 0 Å². The van der Waals surface area contributed by atoms with Crippen LogP contribution in [0.5, 0.6) is 0 Å². The molecule has 4 aliphatic carbocycles. The fraction of sp³-hybridized carbons (Fsp3) is 0.405. The number of allylic oxidation sites excluding steroid dienone is 5. The highest BCUT2D eigenvalue weighted by atomic mass is 19.2. The van der Waals surface area contributed by atoms with Gasteiger partial charge in [-0.05, 0) is 95.5 Å². The lowest BCUT2D eigenvalue weighted by atomic mass is 9.49. The highest BCUT2D eigenvalue weighted by molar-refractivity contribution is 5.98. The zero-order chi connectivity index (χ0) is 33.1. The zero-order valence-electron chi connectivity index (χ0n) is 25.2. The van der Waals surface area contributed by atoms with Crippen LogP contribution in [0, 0.1) is 29.1 Å². The minimum Gasteiger partial charge on any atom is -0.478 e. The smallest absolute Gasteiger partial charge is 0.335 e. The standard InChI is InChI=1S/C37H33F5O4/c1-3-37(46)16-15-24-28-29(27-23(30(38)33(28)41)18-25(43)31(39)32(27)40)26(34(42)36(24,37)2)21-13-11-19(12-14-21)7-4-5-8-20-9-6-10-22(17-20)35(44)45/h5-6,8-14,17-18,24,26,28,30-34,46H,3,15-16H2,1-2H3,(H,44,45)/t24-,26+,28-,30?,31?,32?,33?,34?,36+,37-/m0/s1. The number of carbonyl (C=O) groups excluding carboxylic acids is 1. The van der Waals surface area contributed by atoms with Crippen LogP contribution in [0.4, 0.5) is 22.0 Å². The summed E-state index contributed by atoms with van der Waals surface area (Å²) < 4.78 is 79.7. The van der Waals surface area contributed by atoms with E-state index >= 15 is 17.6 Å². The molecule has 0 aromatic heterocycles. The molecule has 4 aliphatic rings. The number of carboxylic acids is 1.